The zero-order chi connectivity index (χ0) is 24.9. The van der Waals surface area contributed by atoms with Gasteiger partial charge >= 0.3 is 0 Å². The molecule has 0 radical (unpaired) electrons. The number of aromatic nitrogens is 3. The summed E-state index contributed by atoms with van der Waals surface area (Å²) in [6.07, 6.45) is 0. The number of fused-ring (bicyclic) bond motifs is 1. The van der Waals surface area contributed by atoms with Gasteiger partial charge in [0.05, 0.1) is 11.4 Å². The standard InChI is InChI=1S/C23H17ClF4N4O2/c1-10-7-18(34)31(9-17(33)29-22-20(27)14(25)8-15(26)21(22)28)23-19(10)12(3)30-32(23)16-6-4-5-13(24)11(16)2/h4-8H,9H2,1-3H3,(H,29,33). The zero-order valence-corrected chi connectivity index (χ0v) is 18.9. The van der Waals surface area contributed by atoms with E-state index in [0.29, 0.717) is 32.9 Å². The predicted octanol–water partition coefficient (Wildman–Crippen LogP) is 4.96. The van der Waals surface area contributed by atoms with E-state index in [4.69, 9.17) is 11.6 Å². The lowest BCUT2D eigenvalue weighted by molar-refractivity contribution is -0.116. The van der Waals surface area contributed by atoms with Crippen LogP contribution in [-0.2, 0) is 11.3 Å². The number of pyridine rings is 1. The van der Waals surface area contributed by atoms with Crippen LogP contribution in [0.15, 0.2) is 35.1 Å². The second-order valence-electron chi connectivity index (χ2n) is 7.72. The van der Waals surface area contributed by atoms with Crippen LogP contribution in [0.1, 0.15) is 16.8 Å². The highest BCUT2D eigenvalue weighted by Crippen LogP contribution is 2.28. The summed E-state index contributed by atoms with van der Waals surface area (Å²) in [6.45, 7) is 4.48. The molecule has 11 heteroatoms. The number of rotatable bonds is 4. The third kappa shape index (κ3) is 3.83. The van der Waals surface area contributed by atoms with Crippen LogP contribution in [0.5, 0.6) is 0 Å². The van der Waals surface area contributed by atoms with Crippen molar-refractivity contribution in [2.24, 2.45) is 0 Å². The van der Waals surface area contributed by atoms with Gasteiger partial charge in [-0.1, -0.05) is 17.7 Å². The van der Waals surface area contributed by atoms with Crippen molar-refractivity contribution in [2.45, 2.75) is 27.3 Å². The molecule has 0 saturated heterocycles. The van der Waals surface area contributed by atoms with Gasteiger partial charge in [-0.2, -0.15) is 5.10 Å². The second-order valence-corrected chi connectivity index (χ2v) is 8.13. The molecule has 1 N–H and O–H groups in total. The first-order valence-electron chi connectivity index (χ1n) is 9.99. The van der Waals surface area contributed by atoms with Crippen LogP contribution in [-0.4, -0.2) is 20.3 Å². The highest BCUT2D eigenvalue weighted by molar-refractivity contribution is 6.31. The van der Waals surface area contributed by atoms with Gasteiger partial charge in [-0.05, 0) is 44.0 Å². The number of halogens is 5. The largest absolute Gasteiger partial charge is 0.319 e. The topological polar surface area (TPSA) is 68.9 Å². The van der Waals surface area contributed by atoms with E-state index in [0.717, 1.165) is 4.57 Å². The summed E-state index contributed by atoms with van der Waals surface area (Å²) in [5.74, 6) is -7.94. The molecule has 176 valence electrons. The lowest BCUT2D eigenvalue weighted by atomic mass is 10.1. The Labute approximate surface area is 195 Å². The maximum absolute atomic E-state index is 14.0. The summed E-state index contributed by atoms with van der Waals surface area (Å²) in [7, 11) is 0. The van der Waals surface area contributed by atoms with Gasteiger partial charge in [-0.3, -0.25) is 14.2 Å². The molecular formula is C23H17ClF4N4O2. The van der Waals surface area contributed by atoms with Gasteiger partial charge in [0, 0.05) is 22.5 Å². The molecule has 2 heterocycles. The molecule has 34 heavy (non-hydrogen) atoms. The Hall–Kier alpha value is -3.66. The first kappa shape index (κ1) is 23.5. The van der Waals surface area contributed by atoms with Gasteiger partial charge in [0.25, 0.3) is 5.56 Å². The van der Waals surface area contributed by atoms with Crippen molar-refractivity contribution < 1.29 is 22.4 Å². The molecule has 0 aliphatic rings. The van der Waals surface area contributed by atoms with E-state index in [-0.39, 0.29) is 11.7 Å². The number of carbonyl (C=O) groups is 1. The number of hydrogen-bond acceptors (Lipinski definition) is 3. The predicted molar refractivity (Wildman–Crippen MR) is 119 cm³/mol. The van der Waals surface area contributed by atoms with E-state index >= 15 is 0 Å². The summed E-state index contributed by atoms with van der Waals surface area (Å²) in [5, 5.41) is 7.38. The van der Waals surface area contributed by atoms with Crippen LogP contribution in [0.4, 0.5) is 23.2 Å². The molecule has 0 fully saturated rings. The highest BCUT2D eigenvalue weighted by atomic mass is 35.5. The summed E-state index contributed by atoms with van der Waals surface area (Å²) in [6, 6.07) is 6.44. The second kappa shape index (κ2) is 8.60. The minimum atomic E-state index is -1.76. The quantitative estimate of drug-likeness (QED) is 0.323. The van der Waals surface area contributed by atoms with Gasteiger partial charge in [-0.15, -0.1) is 0 Å². The van der Waals surface area contributed by atoms with Gasteiger partial charge in [0.2, 0.25) is 5.91 Å². The molecule has 2 aromatic carbocycles. The average Bonchev–Trinajstić information content (AvgIpc) is 3.12. The number of amides is 1. The molecule has 0 aliphatic heterocycles. The highest BCUT2D eigenvalue weighted by Gasteiger charge is 2.23. The van der Waals surface area contributed by atoms with Crippen molar-refractivity contribution in [3.05, 3.63) is 85.8 Å². The minimum absolute atomic E-state index is 0.0307. The van der Waals surface area contributed by atoms with Crippen LogP contribution in [0.2, 0.25) is 5.02 Å². The van der Waals surface area contributed by atoms with E-state index in [1.54, 1.807) is 39.0 Å². The van der Waals surface area contributed by atoms with Crippen molar-refractivity contribution in [3.63, 3.8) is 0 Å². The first-order valence-corrected chi connectivity index (χ1v) is 10.4. The SMILES string of the molecule is Cc1c(Cl)cccc1-n1nc(C)c2c(C)cc(=O)n(CC(=O)Nc3c(F)c(F)cc(F)c3F)c21. The molecule has 6 nitrogen and oxygen atoms in total. The fraction of sp³-hybridized carbons (Fsp3) is 0.174. The Kier molecular flexibility index (Phi) is 5.94. The smallest absolute Gasteiger partial charge is 0.252 e. The summed E-state index contributed by atoms with van der Waals surface area (Å²) < 4.78 is 57.6. The number of nitrogens with zero attached hydrogens (tertiary/aromatic N) is 3. The third-order valence-electron chi connectivity index (χ3n) is 5.44. The monoisotopic (exact) mass is 492 g/mol. The molecule has 0 aliphatic carbocycles. The molecule has 0 atom stereocenters. The molecule has 2 aromatic heterocycles. The Morgan fingerprint density at radius 1 is 1.06 bits per heavy atom. The maximum Gasteiger partial charge on any atom is 0.252 e. The van der Waals surface area contributed by atoms with Crippen molar-refractivity contribution >= 4 is 34.2 Å². The molecule has 0 spiro atoms. The lowest BCUT2D eigenvalue weighted by Gasteiger charge is -2.14. The summed E-state index contributed by atoms with van der Waals surface area (Å²) >= 11 is 6.25. The van der Waals surface area contributed by atoms with Crippen molar-refractivity contribution in [3.8, 4) is 5.69 Å². The number of carbonyl (C=O) groups excluding carboxylic acids is 1. The summed E-state index contributed by atoms with van der Waals surface area (Å²) in [4.78, 5) is 25.5. The fourth-order valence-electron chi connectivity index (χ4n) is 3.82. The number of benzene rings is 2. The van der Waals surface area contributed by atoms with Crippen LogP contribution in [0, 0.1) is 44.0 Å². The molecule has 0 unspecified atom stereocenters. The molecule has 1 amide bonds. The minimum Gasteiger partial charge on any atom is -0.319 e. The number of aryl methyl sites for hydroxylation is 2. The van der Waals surface area contributed by atoms with E-state index in [9.17, 15) is 27.2 Å². The van der Waals surface area contributed by atoms with Crippen molar-refractivity contribution in [1.29, 1.82) is 0 Å². The van der Waals surface area contributed by atoms with Crippen LogP contribution in [0.25, 0.3) is 16.7 Å². The van der Waals surface area contributed by atoms with Crippen LogP contribution >= 0.6 is 11.6 Å². The number of hydrogen-bond donors (Lipinski definition) is 1. The molecule has 0 saturated carbocycles. The summed E-state index contributed by atoms with van der Waals surface area (Å²) in [5.41, 5.74) is 0.748. The van der Waals surface area contributed by atoms with Crippen LogP contribution < -0.4 is 10.9 Å². The Bertz CT molecular complexity index is 1520. The lowest BCUT2D eigenvalue weighted by Crippen LogP contribution is -2.29. The van der Waals surface area contributed by atoms with E-state index in [1.165, 1.54) is 10.7 Å². The van der Waals surface area contributed by atoms with Gasteiger partial charge < -0.3 is 5.32 Å². The van der Waals surface area contributed by atoms with Gasteiger partial charge in [0.15, 0.2) is 23.3 Å². The van der Waals surface area contributed by atoms with Crippen molar-refractivity contribution in [1.82, 2.24) is 14.3 Å². The number of anilines is 1. The number of nitrogens with one attached hydrogen (secondary N) is 1. The van der Waals surface area contributed by atoms with Crippen molar-refractivity contribution in [2.75, 3.05) is 5.32 Å². The van der Waals surface area contributed by atoms with Gasteiger partial charge in [0.1, 0.15) is 17.9 Å². The Morgan fingerprint density at radius 2 is 1.71 bits per heavy atom. The normalized spacial score (nSPS) is 11.3. The van der Waals surface area contributed by atoms with E-state index in [1.807, 2.05) is 5.32 Å². The first-order chi connectivity index (χ1) is 16.0. The van der Waals surface area contributed by atoms with E-state index < -0.39 is 47.0 Å². The average molecular weight is 493 g/mol. The molecule has 0 bridgehead atoms. The Morgan fingerprint density at radius 3 is 2.35 bits per heavy atom. The third-order valence-corrected chi connectivity index (χ3v) is 5.85. The molecule has 4 aromatic rings. The van der Waals surface area contributed by atoms with Gasteiger partial charge in [-0.25, -0.2) is 22.2 Å². The maximum atomic E-state index is 14.0. The van der Waals surface area contributed by atoms with E-state index in [2.05, 4.69) is 5.10 Å². The van der Waals surface area contributed by atoms with Crippen LogP contribution in [0.3, 0.4) is 0 Å². The molecular weight excluding hydrogens is 476 g/mol. The Balaban J connectivity index is 1.87. The fourth-order valence-corrected chi connectivity index (χ4v) is 3.99. The molecule has 4 rings (SSSR count). The zero-order valence-electron chi connectivity index (χ0n) is 18.1.